The number of nitrogens with one attached hydrogen (secondary N) is 1. The summed E-state index contributed by atoms with van der Waals surface area (Å²) < 4.78 is 26.7. The van der Waals surface area contributed by atoms with Crippen LogP contribution in [0.4, 0.5) is 8.78 Å². The van der Waals surface area contributed by atoms with E-state index in [1.165, 1.54) is 0 Å². The molecule has 0 saturated carbocycles. The van der Waals surface area contributed by atoms with Crippen LogP contribution >= 0.6 is 0 Å². The quantitative estimate of drug-likeness (QED) is 0.890. The van der Waals surface area contributed by atoms with Crippen LogP contribution in [0.2, 0.25) is 0 Å². The normalized spacial score (nSPS) is 12.2. The van der Waals surface area contributed by atoms with Gasteiger partial charge >= 0.3 is 0 Å². The van der Waals surface area contributed by atoms with E-state index in [0.717, 1.165) is 5.56 Å². The molecule has 2 rings (SSSR count). The molecule has 122 valence electrons. The molecule has 0 heterocycles. The Morgan fingerprint density at radius 3 is 2.43 bits per heavy atom. The van der Waals surface area contributed by atoms with Gasteiger partial charge in [-0.15, -0.1) is 0 Å². The Kier molecular flexibility index (Phi) is 5.28. The summed E-state index contributed by atoms with van der Waals surface area (Å²) in [6, 6.07) is 10.7. The number of amides is 1. The molecular formula is C17H18F2N2O2. The second-order valence-corrected chi connectivity index (χ2v) is 5.38. The molecule has 2 aromatic rings. The molecule has 1 amide bonds. The number of phenols is 1. The highest BCUT2D eigenvalue weighted by Crippen LogP contribution is 2.22. The molecule has 2 aromatic carbocycles. The van der Waals surface area contributed by atoms with Crippen molar-refractivity contribution < 1.29 is 18.7 Å². The van der Waals surface area contributed by atoms with Gasteiger partial charge in [0, 0.05) is 18.7 Å². The van der Waals surface area contributed by atoms with Crippen LogP contribution in [-0.2, 0) is 0 Å². The molecule has 6 heteroatoms. The summed E-state index contributed by atoms with van der Waals surface area (Å²) >= 11 is 0. The summed E-state index contributed by atoms with van der Waals surface area (Å²) in [6.45, 7) is 0.214. The zero-order valence-corrected chi connectivity index (χ0v) is 12.9. The minimum atomic E-state index is -1.10. The minimum absolute atomic E-state index is 0.120. The molecule has 0 bridgehead atoms. The molecule has 0 radical (unpaired) electrons. The van der Waals surface area contributed by atoms with Crippen molar-refractivity contribution in [2.75, 3.05) is 20.6 Å². The number of halogens is 2. The van der Waals surface area contributed by atoms with Crippen LogP contribution in [0.5, 0.6) is 5.75 Å². The minimum Gasteiger partial charge on any atom is -0.507 e. The summed E-state index contributed by atoms with van der Waals surface area (Å²) in [5.41, 5.74) is 0.429. The number of hydrogen-bond acceptors (Lipinski definition) is 3. The van der Waals surface area contributed by atoms with E-state index in [-0.39, 0.29) is 12.6 Å². The first-order valence-electron chi connectivity index (χ1n) is 7.07. The van der Waals surface area contributed by atoms with Crippen molar-refractivity contribution in [3.8, 4) is 5.75 Å². The van der Waals surface area contributed by atoms with Crippen molar-refractivity contribution in [1.29, 1.82) is 0 Å². The van der Waals surface area contributed by atoms with Crippen molar-refractivity contribution >= 4 is 5.91 Å². The van der Waals surface area contributed by atoms with Gasteiger partial charge in [0.2, 0.25) is 0 Å². The van der Waals surface area contributed by atoms with Crippen LogP contribution in [0.3, 0.4) is 0 Å². The Bertz CT molecular complexity index is 667. The number of carbonyl (C=O) groups is 1. The molecule has 4 nitrogen and oxygen atoms in total. The largest absolute Gasteiger partial charge is 0.507 e. The van der Waals surface area contributed by atoms with Gasteiger partial charge in [-0.1, -0.05) is 30.3 Å². The fourth-order valence-electron chi connectivity index (χ4n) is 2.34. The van der Waals surface area contributed by atoms with E-state index in [1.807, 2.05) is 49.3 Å². The molecule has 0 aliphatic rings. The van der Waals surface area contributed by atoms with Crippen molar-refractivity contribution in [2.45, 2.75) is 6.04 Å². The predicted octanol–water partition coefficient (Wildman–Crippen LogP) is 2.70. The lowest BCUT2D eigenvalue weighted by Crippen LogP contribution is -2.35. The van der Waals surface area contributed by atoms with Crippen LogP contribution in [-0.4, -0.2) is 36.6 Å². The third kappa shape index (κ3) is 4.04. The van der Waals surface area contributed by atoms with Crippen LogP contribution in [0, 0.1) is 11.6 Å². The van der Waals surface area contributed by atoms with E-state index in [9.17, 15) is 18.7 Å². The highest BCUT2D eigenvalue weighted by atomic mass is 19.1. The summed E-state index contributed by atoms with van der Waals surface area (Å²) in [6.07, 6.45) is 0. The molecular weight excluding hydrogens is 302 g/mol. The molecule has 0 spiro atoms. The maximum atomic E-state index is 13.7. The van der Waals surface area contributed by atoms with Gasteiger partial charge in [-0.2, -0.15) is 0 Å². The van der Waals surface area contributed by atoms with Crippen LogP contribution < -0.4 is 5.32 Å². The maximum Gasteiger partial charge on any atom is 0.258 e. The standard InChI is InChI=1S/C17H18F2N2O2/c1-21(2)14(11-6-4-3-5-7-11)10-20-17(23)16-13(19)8-12(18)9-15(16)22/h3-9,14,22H,10H2,1-2H3,(H,20,23). The topological polar surface area (TPSA) is 52.6 Å². The van der Waals surface area contributed by atoms with Gasteiger partial charge in [-0.05, 0) is 19.7 Å². The smallest absolute Gasteiger partial charge is 0.258 e. The van der Waals surface area contributed by atoms with E-state index in [4.69, 9.17) is 0 Å². The van der Waals surface area contributed by atoms with Gasteiger partial charge in [0.15, 0.2) is 0 Å². The monoisotopic (exact) mass is 320 g/mol. The molecule has 0 aliphatic carbocycles. The van der Waals surface area contributed by atoms with Gasteiger partial charge in [0.1, 0.15) is 22.9 Å². The molecule has 1 unspecified atom stereocenters. The van der Waals surface area contributed by atoms with Crippen LogP contribution in [0.15, 0.2) is 42.5 Å². The SMILES string of the molecule is CN(C)C(CNC(=O)c1c(O)cc(F)cc1F)c1ccccc1. The van der Waals surface area contributed by atoms with E-state index in [1.54, 1.807) is 0 Å². The number of carbonyl (C=O) groups excluding carboxylic acids is 1. The predicted molar refractivity (Wildman–Crippen MR) is 83.2 cm³/mol. The van der Waals surface area contributed by atoms with Gasteiger partial charge in [-0.25, -0.2) is 8.78 Å². The molecule has 2 N–H and O–H groups in total. The Morgan fingerprint density at radius 1 is 1.22 bits per heavy atom. The second kappa shape index (κ2) is 7.19. The summed E-state index contributed by atoms with van der Waals surface area (Å²) in [7, 11) is 3.72. The number of phenolic OH excluding ortho intramolecular Hbond substituents is 1. The third-order valence-corrected chi connectivity index (χ3v) is 3.52. The lowest BCUT2D eigenvalue weighted by atomic mass is 10.1. The fraction of sp³-hybridized carbons (Fsp3) is 0.235. The zero-order valence-electron chi connectivity index (χ0n) is 12.9. The molecule has 0 aromatic heterocycles. The summed E-state index contributed by atoms with van der Waals surface area (Å²) in [4.78, 5) is 14.0. The average Bonchev–Trinajstić information content (AvgIpc) is 2.47. The molecule has 0 aliphatic heterocycles. The van der Waals surface area contributed by atoms with Crippen molar-refractivity contribution in [3.05, 3.63) is 65.2 Å². The van der Waals surface area contributed by atoms with E-state index in [2.05, 4.69) is 5.32 Å². The second-order valence-electron chi connectivity index (χ2n) is 5.38. The Morgan fingerprint density at radius 2 is 1.87 bits per heavy atom. The number of nitrogens with zero attached hydrogens (tertiary/aromatic N) is 1. The van der Waals surface area contributed by atoms with Gasteiger partial charge in [0.05, 0.1) is 6.04 Å². The van der Waals surface area contributed by atoms with Crippen LogP contribution in [0.25, 0.3) is 0 Å². The van der Waals surface area contributed by atoms with E-state index in [0.29, 0.717) is 12.1 Å². The summed E-state index contributed by atoms with van der Waals surface area (Å²) in [5.74, 6) is -3.54. The van der Waals surface area contributed by atoms with E-state index >= 15 is 0 Å². The first-order chi connectivity index (χ1) is 10.9. The highest BCUT2D eigenvalue weighted by Gasteiger charge is 2.21. The van der Waals surface area contributed by atoms with Gasteiger partial charge in [0.25, 0.3) is 5.91 Å². The number of aromatic hydroxyl groups is 1. The van der Waals surface area contributed by atoms with E-state index < -0.39 is 28.9 Å². The van der Waals surface area contributed by atoms with Crippen molar-refractivity contribution in [1.82, 2.24) is 10.2 Å². The lowest BCUT2D eigenvalue weighted by molar-refractivity contribution is 0.0935. The first kappa shape index (κ1) is 16.9. The number of benzene rings is 2. The van der Waals surface area contributed by atoms with Crippen molar-refractivity contribution in [3.63, 3.8) is 0 Å². The maximum absolute atomic E-state index is 13.7. The Hall–Kier alpha value is -2.47. The van der Waals surface area contributed by atoms with Gasteiger partial charge in [-0.3, -0.25) is 4.79 Å². The zero-order chi connectivity index (χ0) is 17.0. The van der Waals surface area contributed by atoms with Gasteiger partial charge < -0.3 is 15.3 Å². The summed E-state index contributed by atoms with van der Waals surface area (Å²) in [5, 5.41) is 12.2. The van der Waals surface area contributed by atoms with Crippen LogP contribution in [0.1, 0.15) is 22.0 Å². The number of hydrogen-bond donors (Lipinski definition) is 2. The number of rotatable bonds is 5. The third-order valence-electron chi connectivity index (χ3n) is 3.52. The van der Waals surface area contributed by atoms with Crippen molar-refractivity contribution in [2.24, 2.45) is 0 Å². The fourth-order valence-corrected chi connectivity index (χ4v) is 2.34. The lowest BCUT2D eigenvalue weighted by Gasteiger charge is -2.25. The molecule has 0 fully saturated rings. The molecule has 23 heavy (non-hydrogen) atoms. The Labute approximate surface area is 133 Å². The highest BCUT2D eigenvalue weighted by molar-refractivity contribution is 5.97. The molecule has 1 atom stereocenters. The average molecular weight is 320 g/mol. The Balaban J connectivity index is 2.14. The molecule has 0 saturated heterocycles. The number of likely N-dealkylation sites (N-methyl/N-ethyl adjacent to an activating group) is 1. The first-order valence-corrected chi connectivity index (χ1v) is 7.07.